The molecule has 0 spiro atoms. The summed E-state index contributed by atoms with van der Waals surface area (Å²) in [6.45, 7) is 0. The minimum absolute atomic E-state index is 0.0251. The van der Waals surface area contributed by atoms with Crippen LogP contribution in [0.15, 0.2) is 47.6 Å². The highest BCUT2D eigenvalue weighted by Crippen LogP contribution is 2.24. The van der Waals surface area contributed by atoms with E-state index in [0.29, 0.717) is 11.3 Å². The molecule has 0 bridgehead atoms. The Morgan fingerprint density at radius 1 is 1.05 bits per heavy atom. The van der Waals surface area contributed by atoms with Crippen LogP contribution in [0.25, 0.3) is 0 Å². The van der Waals surface area contributed by atoms with Crippen molar-refractivity contribution < 1.29 is 9.85 Å². The van der Waals surface area contributed by atoms with Crippen LogP contribution >= 0.6 is 11.6 Å². The van der Waals surface area contributed by atoms with E-state index < -0.39 is 9.85 Å². The maximum atomic E-state index is 10.8. The Bertz CT molecular complexity index is 746. The zero-order chi connectivity index (χ0) is 16.1. The van der Waals surface area contributed by atoms with Gasteiger partial charge in [0.2, 0.25) is 0 Å². The summed E-state index contributed by atoms with van der Waals surface area (Å²) in [5.74, 6) is 0. The number of halogens is 1. The van der Waals surface area contributed by atoms with E-state index in [1.54, 1.807) is 6.07 Å². The van der Waals surface area contributed by atoms with Crippen molar-refractivity contribution >= 4 is 34.9 Å². The van der Waals surface area contributed by atoms with Gasteiger partial charge in [-0.1, -0.05) is 17.7 Å². The third-order valence-electron chi connectivity index (χ3n) is 2.65. The Morgan fingerprint density at radius 2 is 1.73 bits per heavy atom. The van der Waals surface area contributed by atoms with Crippen molar-refractivity contribution in [2.24, 2.45) is 5.10 Å². The number of anilines is 1. The molecule has 0 radical (unpaired) electrons. The van der Waals surface area contributed by atoms with Crippen LogP contribution in [-0.4, -0.2) is 16.1 Å². The Hall–Kier alpha value is -3.00. The molecule has 0 fully saturated rings. The summed E-state index contributed by atoms with van der Waals surface area (Å²) in [4.78, 5) is 20.2. The highest BCUT2D eigenvalue weighted by Gasteiger charge is 2.11. The molecule has 0 heterocycles. The van der Waals surface area contributed by atoms with Gasteiger partial charge in [0.25, 0.3) is 11.4 Å². The van der Waals surface area contributed by atoms with E-state index in [1.165, 1.54) is 42.6 Å². The maximum Gasteiger partial charge on any atom is 0.288 e. The summed E-state index contributed by atoms with van der Waals surface area (Å²) in [5, 5.41) is 25.2. The third-order valence-corrected chi connectivity index (χ3v) is 2.97. The van der Waals surface area contributed by atoms with Crippen LogP contribution in [0.2, 0.25) is 5.02 Å². The molecular weight excluding hydrogens is 312 g/mol. The molecule has 0 aliphatic heterocycles. The van der Waals surface area contributed by atoms with Gasteiger partial charge in [0, 0.05) is 23.8 Å². The van der Waals surface area contributed by atoms with Gasteiger partial charge >= 0.3 is 0 Å². The fraction of sp³-hybridized carbons (Fsp3) is 0. The first-order valence-electron chi connectivity index (χ1n) is 5.95. The molecular formula is C13H9ClN4O4. The molecule has 0 amide bonds. The van der Waals surface area contributed by atoms with Gasteiger partial charge in [-0.05, 0) is 18.2 Å². The Balaban J connectivity index is 2.08. The predicted molar refractivity (Wildman–Crippen MR) is 82.4 cm³/mol. The van der Waals surface area contributed by atoms with Crippen molar-refractivity contribution in [2.75, 3.05) is 5.43 Å². The fourth-order valence-corrected chi connectivity index (χ4v) is 1.78. The lowest BCUT2D eigenvalue weighted by molar-refractivity contribution is -0.385. The molecule has 0 aliphatic rings. The van der Waals surface area contributed by atoms with E-state index in [9.17, 15) is 20.2 Å². The van der Waals surface area contributed by atoms with Gasteiger partial charge in [0.15, 0.2) is 0 Å². The van der Waals surface area contributed by atoms with Crippen LogP contribution < -0.4 is 5.43 Å². The van der Waals surface area contributed by atoms with Crippen LogP contribution in [0, 0.1) is 20.2 Å². The monoisotopic (exact) mass is 320 g/mol. The summed E-state index contributed by atoms with van der Waals surface area (Å²) in [6, 6.07) is 9.96. The van der Waals surface area contributed by atoms with Crippen molar-refractivity contribution in [3.8, 4) is 0 Å². The normalized spacial score (nSPS) is 10.6. The second-order valence-corrected chi connectivity index (χ2v) is 4.55. The summed E-state index contributed by atoms with van der Waals surface area (Å²) in [6.07, 6.45) is 1.38. The number of nitrogens with one attached hydrogen (secondary N) is 1. The van der Waals surface area contributed by atoms with Gasteiger partial charge < -0.3 is 0 Å². The molecule has 0 aromatic heterocycles. The van der Waals surface area contributed by atoms with Gasteiger partial charge in [-0.25, -0.2) is 0 Å². The van der Waals surface area contributed by atoms with Crippen molar-refractivity contribution in [1.29, 1.82) is 0 Å². The lowest BCUT2D eigenvalue weighted by Crippen LogP contribution is -1.94. The number of nitro groups is 2. The first-order chi connectivity index (χ1) is 10.5. The summed E-state index contributed by atoms with van der Waals surface area (Å²) in [5.41, 5.74) is 3.47. The topological polar surface area (TPSA) is 111 Å². The number of nitro benzene ring substituents is 2. The first-order valence-corrected chi connectivity index (χ1v) is 6.32. The summed E-state index contributed by atoms with van der Waals surface area (Å²) in [7, 11) is 0. The number of nitrogens with zero attached hydrogens (tertiary/aromatic N) is 3. The molecule has 0 aliphatic carbocycles. The Morgan fingerprint density at radius 3 is 2.32 bits per heavy atom. The van der Waals surface area contributed by atoms with Crippen LogP contribution in [0.5, 0.6) is 0 Å². The van der Waals surface area contributed by atoms with Crippen LogP contribution in [0.3, 0.4) is 0 Å². The molecule has 2 aromatic rings. The first kappa shape index (κ1) is 15.4. The SMILES string of the molecule is O=[N+]([O-])c1ccc(N/N=C\c2ccc(Cl)c([N+](=O)[O-])c2)cc1. The molecule has 2 aromatic carbocycles. The minimum atomic E-state index is -0.580. The zero-order valence-electron chi connectivity index (χ0n) is 11.0. The largest absolute Gasteiger partial charge is 0.288 e. The molecule has 112 valence electrons. The highest BCUT2D eigenvalue weighted by atomic mass is 35.5. The number of benzene rings is 2. The third kappa shape index (κ3) is 3.76. The number of hydrogen-bond donors (Lipinski definition) is 1. The van der Waals surface area contributed by atoms with Crippen molar-refractivity contribution in [3.63, 3.8) is 0 Å². The maximum absolute atomic E-state index is 10.8. The standard InChI is InChI=1S/C13H9ClN4O4/c14-12-6-1-9(7-13(12)18(21)22)8-15-16-10-2-4-11(5-3-10)17(19)20/h1-8,16H/b15-8-. The van der Waals surface area contributed by atoms with Crippen molar-refractivity contribution in [1.82, 2.24) is 0 Å². The molecule has 0 saturated heterocycles. The van der Waals surface area contributed by atoms with Gasteiger partial charge in [0.1, 0.15) is 5.02 Å². The lowest BCUT2D eigenvalue weighted by Gasteiger charge is -2.00. The van der Waals surface area contributed by atoms with Crippen molar-refractivity contribution in [3.05, 3.63) is 73.3 Å². The Kier molecular flexibility index (Phi) is 4.64. The second-order valence-electron chi connectivity index (χ2n) is 4.14. The molecule has 0 unspecified atom stereocenters. The van der Waals surface area contributed by atoms with Gasteiger partial charge in [-0.15, -0.1) is 0 Å². The van der Waals surface area contributed by atoms with E-state index in [-0.39, 0.29) is 16.4 Å². The van der Waals surface area contributed by atoms with Crippen LogP contribution in [0.4, 0.5) is 17.1 Å². The summed E-state index contributed by atoms with van der Waals surface area (Å²) >= 11 is 5.70. The number of non-ortho nitro benzene ring substituents is 1. The molecule has 22 heavy (non-hydrogen) atoms. The molecule has 2 rings (SSSR count). The average Bonchev–Trinajstić information content (AvgIpc) is 2.49. The van der Waals surface area contributed by atoms with Gasteiger partial charge in [0.05, 0.1) is 21.7 Å². The van der Waals surface area contributed by atoms with Crippen molar-refractivity contribution in [2.45, 2.75) is 0 Å². The van der Waals surface area contributed by atoms with E-state index >= 15 is 0 Å². The number of rotatable bonds is 5. The smallest absolute Gasteiger partial charge is 0.278 e. The molecule has 9 heteroatoms. The number of hydrazone groups is 1. The lowest BCUT2D eigenvalue weighted by atomic mass is 10.2. The predicted octanol–water partition coefficient (Wildman–Crippen LogP) is 3.60. The van der Waals surface area contributed by atoms with E-state index in [1.807, 2.05) is 0 Å². The fourth-order valence-electron chi connectivity index (χ4n) is 1.59. The van der Waals surface area contributed by atoms with Gasteiger partial charge in [-0.2, -0.15) is 5.10 Å². The highest BCUT2D eigenvalue weighted by molar-refractivity contribution is 6.32. The molecule has 0 saturated carbocycles. The quantitative estimate of drug-likeness (QED) is 0.514. The molecule has 0 atom stereocenters. The number of hydrogen-bond acceptors (Lipinski definition) is 6. The van der Waals surface area contributed by atoms with Crippen LogP contribution in [-0.2, 0) is 0 Å². The second kappa shape index (κ2) is 6.64. The van der Waals surface area contributed by atoms with E-state index in [0.717, 1.165) is 0 Å². The van der Waals surface area contributed by atoms with Crippen LogP contribution in [0.1, 0.15) is 5.56 Å². The van der Waals surface area contributed by atoms with E-state index in [2.05, 4.69) is 10.5 Å². The Labute approximate surface area is 129 Å². The molecule has 8 nitrogen and oxygen atoms in total. The van der Waals surface area contributed by atoms with Gasteiger partial charge in [-0.3, -0.25) is 25.7 Å². The van der Waals surface area contributed by atoms with E-state index in [4.69, 9.17) is 11.6 Å². The summed E-state index contributed by atoms with van der Waals surface area (Å²) < 4.78 is 0. The zero-order valence-corrected chi connectivity index (χ0v) is 11.7. The minimum Gasteiger partial charge on any atom is -0.278 e. The molecule has 1 N–H and O–H groups in total. The average molecular weight is 321 g/mol.